The maximum Gasteiger partial charge on any atom is 0.253 e. The molecule has 0 spiro atoms. The molecule has 2 rings (SSSR count). The number of carbonyl (C=O) groups is 1. The van der Waals surface area contributed by atoms with Crippen LogP contribution in [0.1, 0.15) is 24.2 Å². The number of hydrogen-bond donors (Lipinski definition) is 2. The van der Waals surface area contributed by atoms with E-state index in [9.17, 15) is 4.79 Å². The van der Waals surface area contributed by atoms with Gasteiger partial charge in [-0.1, -0.05) is 38.1 Å². The molecular weight excluding hydrogens is 264 g/mol. The van der Waals surface area contributed by atoms with Crippen molar-refractivity contribution in [3.8, 4) is 0 Å². The van der Waals surface area contributed by atoms with Crippen LogP contribution in [-0.4, -0.2) is 25.7 Å². The molecule has 0 bridgehead atoms. The van der Waals surface area contributed by atoms with Gasteiger partial charge in [0.15, 0.2) is 0 Å². The van der Waals surface area contributed by atoms with Crippen LogP contribution in [0, 0.1) is 5.92 Å². The lowest BCUT2D eigenvalue weighted by Crippen LogP contribution is -2.28. The van der Waals surface area contributed by atoms with E-state index in [2.05, 4.69) is 19.2 Å². The molecule has 0 saturated heterocycles. The molecule has 0 aliphatic heterocycles. The van der Waals surface area contributed by atoms with Crippen LogP contribution in [0.5, 0.6) is 0 Å². The number of ether oxygens (including phenoxy) is 1. The third-order valence-corrected chi connectivity index (χ3v) is 3.15. The first-order valence-electron chi connectivity index (χ1n) is 7.22. The number of hydrogen-bond acceptors (Lipinski definition) is 3. The fourth-order valence-electron chi connectivity index (χ4n) is 2.11. The molecule has 0 atom stereocenters. The van der Waals surface area contributed by atoms with Crippen LogP contribution in [0.15, 0.2) is 36.4 Å². The van der Waals surface area contributed by atoms with E-state index in [0.717, 1.165) is 10.8 Å². The largest absolute Gasteiger partial charge is 0.398 e. The smallest absolute Gasteiger partial charge is 0.253 e. The molecule has 21 heavy (non-hydrogen) atoms. The zero-order chi connectivity index (χ0) is 15.2. The van der Waals surface area contributed by atoms with Crippen molar-refractivity contribution >= 4 is 22.4 Å². The van der Waals surface area contributed by atoms with E-state index in [1.807, 2.05) is 36.4 Å². The van der Waals surface area contributed by atoms with Gasteiger partial charge in [-0.05, 0) is 28.8 Å². The number of nitrogen functional groups attached to an aromatic ring is 1. The first kappa shape index (κ1) is 15.3. The predicted molar refractivity (Wildman–Crippen MR) is 86.4 cm³/mol. The second-order valence-corrected chi connectivity index (χ2v) is 5.51. The summed E-state index contributed by atoms with van der Waals surface area (Å²) in [5.41, 5.74) is 6.97. The summed E-state index contributed by atoms with van der Waals surface area (Å²) < 4.78 is 5.44. The molecule has 0 aliphatic carbocycles. The number of fused-ring (bicyclic) bond motifs is 1. The second-order valence-electron chi connectivity index (χ2n) is 5.51. The van der Waals surface area contributed by atoms with E-state index < -0.39 is 0 Å². The van der Waals surface area contributed by atoms with E-state index in [-0.39, 0.29) is 5.91 Å². The molecule has 1 amide bonds. The molecule has 0 unspecified atom stereocenters. The predicted octanol–water partition coefficient (Wildman–Crippen LogP) is 2.82. The summed E-state index contributed by atoms with van der Waals surface area (Å²) in [6.07, 6.45) is 0. The minimum Gasteiger partial charge on any atom is -0.398 e. The molecule has 2 aromatic rings. The average molecular weight is 286 g/mol. The van der Waals surface area contributed by atoms with E-state index in [1.165, 1.54) is 0 Å². The summed E-state index contributed by atoms with van der Waals surface area (Å²) >= 11 is 0. The minimum atomic E-state index is -0.161. The highest BCUT2D eigenvalue weighted by atomic mass is 16.5. The van der Waals surface area contributed by atoms with Crippen molar-refractivity contribution in [3.05, 3.63) is 42.0 Å². The summed E-state index contributed by atoms with van der Waals surface area (Å²) in [6.45, 7) is 5.88. The van der Waals surface area contributed by atoms with Crippen molar-refractivity contribution in [1.29, 1.82) is 0 Å². The number of amides is 1. The number of anilines is 1. The fourth-order valence-corrected chi connectivity index (χ4v) is 2.11. The Bertz CT molecular complexity index is 623. The zero-order valence-corrected chi connectivity index (χ0v) is 12.6. The van der Waals surface area contributed by atoms with Crippen LogP contribution in [0.2, 0.25) is 0 Å². The topological polar surface area (TPSA) is 64.3 Å². The van der Waals surface area contributed by atoms with Crippen LogP contribution in [-0.2, 0) is 4.74 Å². The first-order valence-corrected chi connectivity index (χ1v) is 7.22. The molecule has 0 aromatic heterocycles. The lowest BCUT2D eigenvalue weighted by atomic mass is 10.0. The lowest BCUT2D eigenvalue weighted by Gasteiger charge is -2.10. The Balaban J connectivity index is 1.97. The summed E-state index contributed by atoms with van der Waals surface area (Å²) in [6, 6.07) is 11.5. The Morgan fingerprint density at radius 1 is 1.24 bits per heavy atom. The normalized spacial score (nSPS) is 11.0. The van der Waals surface area contributed by atoms with Crippen LogP contribution >= 0.6 is 0 Å². The quantitative estimate of drug-likeness (QED) is 0.634. The third kappa shape index (κ3) is 4.20. The average Bonchev–Trinajstić information content (AvgIpc) is 2.45. The number of benzene rings is 2. The van der Waals surface area contributed by atoms with E-state index >= 15 is 0 Å². The van der Waals surface area contributed by atoms with Crippen molar-refractivity contribution in [2.75, 3.05) is 25.5 Å². The third-order valence-electron chi connectivity index (χ3n) is 3.15. The van der Waals surface area contributed by atoms with Gasteiger partial charge < -0.3 is 15.8 Å². The molecule has 0 saturated carbocycles. The van der Waals surface area contributed by atoms with Gasteiger partial charge in [-0.2, -0.15) is 0 Å². The number of nitrogens with one attached hydrogen (secondary N) is 1. The number of nitrogens with two attached hydrogens (primary N) is 1. The Kier molecular flexibility index (Phi) is 5.17. The van der Waals surface area contributed by atoms with E-state index in [0.29, 0.717) is 36.9 Å². The number of carbonyl (C=O) groups excluding carboxylic acids is 1. The maximum atomic E-state index is 12.2. The molecule has 4 heteroatoms. The van der Waals surface area contributed by atoms with Gasteiger partial charge in [0.1, 0.15) is 0 Å². The second kappa shape index (κ2) is 7.09. The SMILES string of the molecule is CC(C)COCCNC(=O)c1cc2ccccc2cc1N. The van der Waals surface area contributed by atoms with Crippen LogP contribution in [0.25, 0.3) is 10.8 Å². The molecule has 0 heterocycles. The van der Waals surface area contributed by atoms with Crippen molar-refractivity contribution in [1.82, 2.24) is 5.32 Å². The molecule has 2 aromatic carbocycles. The van der Waals surface area contributed by atoms with Gasteiger partial charge in [-0.3, -0.25) is 4.79 Å². The van der Waals surface area contributed by atoms with E-state index in [4.69, 9.17) is 10.5 Å². The monoisotopic (exact) mass is 286 g/mol. The Hall–Kier alpha value is -2.07. The Morgan fingerprint density at radius 2 is 1.90 bits per heavy atom. The summed E-state index contributed by atoms with van der Waals surface area (Å²) in [7, 11) is 0. The summed E-state index contributed by atoms with van der Waals surface area (Å²) in [5, 5.41) is 4.88. The highest BCUT2D eigenvalue weighted by molar-refractivity contribution is 6.03. The van der Waals surface area contributed by atoms with Crippen molar-refractivity contribution in [3.63, 3.8) is 0 Å². The summed E-state index contributed by atoms with van der Waals surface area (Å²) in [5.74, 6) is 0.336. The van der Waals surface area contributed by atoms with Gasteiger partial charge in [0.05, 0.1) is 12.2 Å². The standard InChI is InChI=1S/C17H22N2O2/c1-12(2)11-21-8-7-19-17(20)15-9-13-5-3-4-6-14(13)10-16(15)18/h3-6,9-10,12H,7-8,11,18H2,1-2H3,(H,19,20). The molecule has 0 radical (unpaired) electrons. The van der Waals surface area contributed by atoms with Crippen LogP contribution < -0.4 is 11.1 Å². The molecule has 112 valence electrons. The molecule has 4 nitrogen and oxygen atoms in total. The van der Waals surface area contributed by atoms with Gasteiger partial charge in [0, 0.05) is 18.8 Å². The van der Waals surface area contributed by atoms with Crippen LogP contribution in [0.4, 0.5) is 5.69 Å². The van der Waals surface area contributed by atoms with Gasteiger partial charge >= 0.3 is 0 Å². The van der Waals surface area contributed by atoms with Gasteiger partial charge in [-0.25, -0.2) is 0 Å². The highest BCUT2D eigenvalue weighted by Gasteiger charge is 2.10. The maximum absolute atomic E-state index is 12.2. The highest BCUT2D eigenvalue weighted by Crippen LogP contribution is 2.21. The minimum absolute atomic E-state index is 0.161. The Morgan fingerprint density at radius 3 is 2.57 bits per heavy atom. The molecule has 0 aliphatic rings. The molecule has 3 N–H and O–H groups in total. The molecule has 0 fully saturated rings. The van der Waals surface area contributed by atoms with E-state index in [1.54, 1.807) is 0 Å². The van der Waals surface area contributed by atoms with Gasteiger partial charge in [-0.15, -0.1) is 0 Å². The molecular formula is C17H22N2O2. The van der Waals surface area contributed by atoms with Crippen molar-refractivity contribution < 1.29 is 9.53 Å². The van der Waals surface area contributed by atoms with Gasteiger partial charge in [0.2, 0.25) is 0 Å². The van der Waals surface area contributed by atoms with Crippen LogP contribution in [0.3, 0.4) is 0 Å². The first-order chi connectivity index (χ1) is 10.1. The lowest BCUT2D eigenvalue weighted by molar-refractivity contribution is 0.0887. The van der Waals surface area contributed by atoms with Crippen molar-refractivity contribution in [2.24, 2.45) is 5.92 Å². The van der Waals surface area contributed by atoms with Crippen molar-refractivity contribution in [2.45, 2.75) is 13.8 Å². The summed E-state index contributed by atoms with van der Waals surface area (Å²) in [4.78, 5) is 12.2. The Labute approximate surface area is 125 Å². The van der Waals surface area contributed by atoms with Gasteiger partial charge in [0.25, 0.3) is 5.91 Å². The fraction of sp³-hybridized carbons (Fsp3) is 0.353. The zero-order valence-electron chi connectivity index (χ0n) is 12.6. The number of rotatable bonds is 6.